The largest absolute Gasteiger partial charge is 0.483 e. The molecular formula is C20H21N3O3S2. The molecule has 0 radical (unpaired) electrons. The van der Waals surface area contributed by atoms with E-state index in [0.717, 1.165) is 22.4 Å². The molecular weight excluding hydrogens is 394 g/mol. The number of aryl methyl sites for hydroxylation is 2. The second-order valence-electron chi connectivity index (χ2n) is 6.22. The SMILES string of the molecule is Cc1ccc(C)c(OCC(=O)Nc2ccc(S(=O)Nc3nccs3)cc2)c1C. The van der Waals surface area contributed by atoms with Crippen molar-refractivity contribution in [1.29, 1.82) is 0 Å². The average Bonchev–Trinajstić information content (AvgIpc) is 3.18. The molecule has 3 rings (SSSR count). The zero-order valence-corrected chi connectivity index (χ0v) is 17.4. The van der Waals surface area contributed by atoms with E-state index >= 15 is 0 Å². The Morgan fingerprint density at radius 1 is 1.11 bits per heavy atom. The number of anilines is 2. The molecule has 0 saturated heterocycles. The van der Waals surface area contributed by atoms with Crippen molar-refractivity contribution in [2.24, 2.45) is 0 Å². The Morgan fingerprint density at radius 3 is 2.50 bits per heavy atom. The van der Waals surface area contributed by atoms with Crippen molar-refractivity contribution in [3.05, 3.63) is 64.7 Å². The molecule has 2 N–H and O–H groups in total. The number of carbonyl (C=O) groups is 1. The van der Waals surface area contributed by atoms with Crippen LogP contribution in [0.15, 0.2) is 52.9 Å². The molecule has 2 aromatic carbocycles. The molecule has 0 bridgehead atoms. The van der Waals surface area contributed by atoms with Crippen molar-refractivity contribution in [3.8, 4) is 5.75 Å². The zero-order valence-electron chi connectivity index (χ0n) is 15.8. The summed E-state index contributed by atoms with van der Waals surface area (Å²) in [5.41, 5.74) is 3.76. The van der Waals surface area contributed by atoms with E-state index in [2.05, 4.69) is 15.0 Å². The van der Waals surface area contributed by atoms with Gasteiger partial charge in [-0.2, -0.15) is 0 Å². The van der Waals surface area contributed by atoms with Gasteiger partial charge in [-0.3, -0.25) is 9.52 Å². The molecule has 0 aliphatic carbocycles. The first-order chi connectivity index (χ1) is 13.4. The Balaban J connectivity index is 1.56. The summed E-state index contributed by atoms with van der Waals surface area (Å²) in [4.78, 5) is 16.8. The molecule has 0 spiro atoms. The summed E-state index contributed by atoms with van der Waals surface area (Å²) in [5.74, 6) is 0.490. The summed E-state index contributed by atoms with van der Waals surface area (Å²) in [6.07, 6.45) is 1.64. The van der Waals surface area contributed by atoms with Crippen molar-refractivity contribution in [2.75, 3.05) is 16.6 Å². The predicted molar refractivity (Wildman–Crippen MR) is 113 cm³/mol. The summed E-state index contributed by atoms with van der Waals surface area (Å²) in [6.45, 7) is 5.87. The molecule has 1 heterocycles. The van der Waals surface area contributed by atoms with Crippen LogP contribution in [0.3, 0.4) is 0 Å². The summed E-state index contributed by atoms with van der Waals surface area (Å²) >= 11 is 1.38. The molecule has 28 heavy (non-hydrogen) atoms. The van der Waals surface area contributed by atoms with Gasteiger partial charge in [-0.05, 0) is 61.7 Å². The van der Waals surface area contributed by atoms with Gasteiger partial charge >= 0.3 is 0 Å². The molecule has 1 aromatic heterocycles. The molecule has 0 aliphatic heterocycles. The van der Waals surface area contributed by atoms with Crippen LogP contribution in [0.1, 0.15) is 16.7 Å². The maximum absolute atomic E-state index is 12.3. The molecule has 146 valence electrons. The molecule has 8 heteroatoms. The Labute approximate surface area is 170 Å². The summed E-state index contributed by atoms with van der Waals surface area (Å²) < 4.78 is 20.8. The first kappa shape index (κ1) is 20.0. The minimum atomic E-state index is -1.41. The second kappa shape index (κ2) is 8.99. The highest BCUT2D eigenvalue weighted by atomic mass is 32.2. The number of thiazole rings is 1. The number of nitrogens with one attached hydrogen (secondary N) is 2. The van der Waals surface area contributed by atoms with Crippen LogP contribution in [-0.4, -0.2) is 21.7 Å². The number of amides is 1. The second-order valence-corrected chi connectivity index (χ2v) is 8.33. The minimum Gasteiger partial charge on any atom is -0.483 e. The lowest BCUT2D eigenvalue weighted by Crippen LogP contribution is -2.20. The maximum atomic E-state index is 12.3. The number of rotatable bonds is 7. The van der Waals surface area contributed by atoms with Crippen molar-refractivity contribution >= 4 is 39.0 Å². The number of aromatic nitrogens is 1. The van der Waals surface area contributed by atoms with Crippen LogP contribution in [0.4, 0.5) is 10.8 Å². The quantitative estimate of drug-likeness (QED) is 0.605. The van der Waals surface area contributed by atoms with Gasteiger partial charge in [0.25, 0.3) is 5.91 Å². The summed E-state index contributed by atoms with van der Waals surface area (Å²) in [7, 11) is -1.41. The van der Waals surface area contributed by atoms with Gasteiger partial charge in [-0.1, -0.05) is 12.1 Å². The van der Waals surface area contributed by atoms with E-state index in [9.17, 15) is 9.00 Å². The van der Waals surface area contributed by atoms with Crippen molar-refractivity contribution in [2.45, 2.75) is 25.7 Å². The Morgan fingerprint density at radius 2 is 1.82 bits per heavy atom. The van der Waals surface area contributed by atoms with Crippen LogP contribution in [0.5, 0.6) is 5.75 Å². The summed E-state index contributed by atoms with van der Waals surface area (Å²) in [6, 6.07) is 10.8. The molecule has 0 aliphatic rings. The molecule has 1 amide bonds. The van der Waals surface area contributed by atoms with Gasteiger partial charge in [0.2, 0.25) is 0 Å². The van der Waals surface area contributed by atoms with E-state index in [-0.39, 0.29) is 12.5 Å². The minimum absolute atomic E-state index is 0.0790. The van der Waals surface area contributed by atoms with Crippen molar-refractivity contribution in [1.82, 2.24) is 4.98 Å². The topological polar surface area (TPSA) is 80.3 Å². The fourth-order valence-electron chi connectivity index (χ4n) is 2.56. The van der Waals surface area contributed by atoms with E-state index in [1.54, 1.807) is 35.8 Å². The molecule has 0 fully saturated rings. The number of benzene rings is 2. The highest BCUT2D eigenvalue weighted by Gasteiger charge is 2.10. The fourth-order valence-corrected chi connectivity index (χ4v) is 4.06. The molecule has 1 atom stereocenters. The standard InChI is InChI=1S/C20H21N3O3S2/c1-13-4-5-14(2)19(15(13)3)26-12-18(24)22-16-6-8-17(9-7-16)28(25)23-20-21-10-11-27-20/h4-11H,12H2,1-3H3,(H,21,23)(H,22,24). The number of nitrogens with zero attached hydrogens (tertiary/aromatic N) is 1. The first-order valence-corrected chi connectivity index (χ1v) is 10.6. The average molecular weight is 416 g/mol. The van der Waals surface area contributed by atoms with Crippen molar-refractivity contribution in [3.63, 3.8) is 0 Å². The third-order valence-electron chi connectivity index (χ3n) is 4.19. The third kappa shape index (κ3) is 4.96. The van der Waals surface area contributed by atoms with Gasteiger partial charge in [0, 0.05) is 17.3 Å². The molecule has 0 saturated carbocycles. The number of hydrogen-bond acceptors (Lipinski definition) is 5. The van der Waals surface area contributed by atoms with Gasteiger partial charge in [0.1, 0.15) is 5.75 Å². The van der Waals surface area contributed by atoms with Gasteiger partial charge in [0.05, 0.1) is 4.90 Å². The molecule has 1 unspecified atom stereocenters. The van der Waals surface area contributed by atoms with Gasteiger partial charge in [-0.25, -0.2) is 9.19 Å². The van der Waals surface area contributed by atoms with E-state index in [0.29, 0.717) is 15.7 Å². The van der Waals surface area contributed by atoms with E-state index in [1.807, 2.05) is 32.9 Å². The van der Waals surface area contributed by atoms with Gasteiger partial charge < -0.3 is 10.1 Å². The summed E-state index contributed by atoms with van der Waals surface area (Å²) in [5, 5.41) is 5.18. The Kier molecular flexibility index (Phi) is 6.43. The highest BCUT2D eigenvalue weighted by Crippen LogP contribution is 2.25. The maximum Gasteiger partial charge on any atom is 0.262 e. The van der Waals surface area contributed by atoms with Crippen LogP contribution >= 0.6 is 11.3 Å². The van der Waals surface area contributed by atoms with Crippen LogP contribution in [0, 0.1) is 20.8 Å². The lowest BCUT2D eigenvalue weighted by molar-refractivity contribution is -0.118. The first-order valence-electron chi connectivity index (χ1n) is 8.61. The third-order valence-corrected chi connectivity index (χ3v) is 6.08. The van der Waals surface area contributed by atoms with Gasteiger partial charge in [0.15, 0.2) is 22.7 Å². The van der Waals surface area contributed by atoms with E-state index in [1.165, 1.54) is 11.3 Å². The van der Waals surface area contributed by atoms with Crippen LogP contribution in [-0.2, 0) is 15.8 Å². The number of ether oxygens (including phenoxy) is 1. The van der Waals surface area contributed by atoms with Crippen LogP contribution in [0.2, 0.25) is 0 Å². The van der Waals surface area contributed by atoms with E-state index < -0.39 is 11.0 Å². The highest BCUT2D eigenvalue weighted by molar-refractivity contribution is 7.86. The lowest BCUT2D eigenvalue weighted by Gasteiger charge is -2.14. The number of carbonyl (C=O) groups excluding carboxylic acids is 1. The normalized spacial score (nSPS) is 11.7. The van der Waals surface area contributed by atoms with Gasteiger partial charge in [-0.15, -0.1) is 11.3 Å². The fraction of sp³-hybridized carbons (Fsp3) is 0.200. The van der Waals surface area contributed by atoms with Crippen molar-refractivity contribution < 1.29 is 13.7 Å². The van der Waals surface area contributed by atoms with E-state index in [4.69, 9.17) is 4.74 Å². The lowest BCUT2D eigenvalue weighted by atomic mass is 10.1. The van der Waals surface area contributed by atoms with Crippen LogP contribution < -0.4 is 14.8 Å². The molecule has 6 nitrogen and oxygen atoms in total. The zero-order chi connectivity index (χ0) is 20.1. The number of hydrogen-bond donors (Lipinski definition) is 2. The Bertz CT molecular complexity index is 987. The smallest absolute Gasteiger partial charge is 0.262 e. The Hall–Kier alpha value is -2.71. The molecule has 3 aromatic rings. The predicted octanol–water partition coefficient (Wildman–Crippen LogP) is 4.22. The monoisotopic (exact) mass is 415 g/mol. The van der Waals surface area contributed by atoms with Crippen LogP contribution in [0.25, 0.3) is 0 Å².